The highest BCUT2D eigenvalue weighted by Gasteiger charge is 2.33. The summed E-state index contributed by atoms with van der Waals surface area (Å²) in [5.41, 5.74) is 1.60. The molecule has 4 nitrogen and oxygen atoms in total. The quantitative estimate of drug-likeness (QED) is 0.587. The largest absolute Gasteiger partial charge is 0.416 e. The first kappa shape index (κ1) is 16.3. The lowest BCUT2D eigenvalue weighted by molar-refractivity contribution is -0.137. The van der Waals surface area contributed by atoms with Gasteiger partial charge in [-0.1, -0.05) is 6.07 Å². The van der Waals surface area contributed by atoms with Crippen LogP contribution in [0.1, 0.15) is 28.3 Å². The number of benzene rings is 1. The Morgan fingerprint density at radius 1 is 0.962 bits per heavy atom. The fourth-order valence-electron chi connectivity index (χ4n) is 3.12. The molecule has 1 N–H and O–H groups in total. The lowest BCUT2D eigenvalue weighted by atomic mass is 9.86. The van der Waals surface area contributed by atoms with Gasteiger partial charge in [-0.2, -0.15) is 13.2 Å². The molecule has 7 heteroatoms. The molecule has 0 bridgehead atoms. The van der Waals surface area contributed by atoms with Gasteiger partial charge in [0.2, 0.25) is 0 Å². The smallest absolute Gasteiger partial charge is 0.348 e. The van der Waals surface area contributed by atoms with Crippen molar-refractivity contribution in [2.75, 3.05) is 0 Å². The number of aromatic amines is 1. The monoisotopic (exact) mass is 354 g/mol. The Bertz CT molecular complexity index is 1030. The minimum absolute atomic E-state index is 0.302. The summed E-state index contributed by atoms with van der Waals surface area (Å²) in [6.07, 6.45) is 3.39. The van der Waals surface area contributed by atoms with Crippen molar-refractivity contribution in [2.45, 2.75) is 12.1 Å². The van der Waals surface area contributed by atoms with E-state index in [1.165, 1.54) is 18.6 Å². The van der Waals surface area contributed by atoms with Crippen LogP contribution in [0, 0.1) is 0 Å². The molecule has 26 heavy (non-hydrogen) atoms. The summed E-state index contributed by atoms with van der Waals surface area (Å²) in [6, 6.07) is 9.34. The maximum Gasteiger partial charge on any atom is 0.416 e. The molecule has 0 radical (unpaired) electrons. The zero-order valence-electron chi connectivity index (χ0n) is 13.4. The van der Waals surface area contributed by atoms with Gasteiger partial charge in [-0.05, 0) is 41.5 Å². The van der Waals surface area contributed by atoms with Crippen LogP contribution in [-0.2, 0) is 6.18 Å². The number of imidazole rings is 1. The predicted molar refractivity (Wildman–Crippen MR) is 90.5 cm³/mol. The van der Waals surface area contributed by atoms with Crippen molar-refractivity contribution in [1.29, 1.82) is 0 Å². The average molecular weight is 354 g/mol. The Morgan fingerprint density at radius 2 is 1.77 bits per heavy atom. The zero-order chi connectivity index (χ0) is 18.1. The van der Waals surface area contributed by atoms with Gasteiger partial charge in [0.05, 0.1) is 23.3 Å². The van der Waals surface area contributed by atoms with E-state index >= 15 is 0 Å². The van der Waals surface area contributed by atoms with Gasteiger partial charge in [0.25, 0.3) is 0 Å². The fraction of sp³-hybridized carbons (Fsp3) is 0.105. The molecular formula is C19H13F3N4. The van der Waals surface area contributed by atoms with Gasteiger partial charge in [0.1, 0.15) is 0 Å². The summed E-state index contributed by atoms with van der Waals surface area (Å²) in [5, 5.41) is 0.664. The van der Waals surface area contributed by atoms with Crippen LogP contribution >= 0.6 is 0 Å². The number of nitrogens with zero attached hydrogens (tertiary/aromatic N) is 3. The van der Waals surface area contributed by atoms with Gasteiger partial charge in [0, 0.05) is 35.9 Å². The van der Waals surface area contributed by atoms with E-state index in [-0.39, 0.29) is 0 Å². The number of rotatable bonds is 3. The second-order valence-corrected chi connectivity index (χ2v) is 5.85. The molecule has 0 aliphatic rings. The minimum Gasteiger partial charge on any atom is -0.348 e. The lowest BCUT2D eigenvalue weighted by Crippen LogP contribution is -2.10. The van der Waals surface area contributed by atoms with Crippen LogP contribution in [0.25, 0.3) is 10.9 Å². The van der Waals surface area contributed by atoms with E-state index in [1.54, 1.807) is 42.9 Å². The van der Waals surface area contributed by atoms with Gasteiger partial charge in [0.15, 0.2) is 0 Å². The molecule has 130 valence electrons. The van der Waals surface area contributed by atoms with Crippen molar-refractivity contribution in [2.24, 2.45) is 0 Å². The molecule has 0 saturated heterocycles. The van der Waals surface area contributed by atoms with E-state index in [0.29, 0.717) is 22.2 Å². The normalized spacial score (nSPS) is 13.0. The Kier molecular flexibility index (Phi) is 3.91. The number of aromatic nitrogens is 4. The van der Waals surface area contributed by atoms with Gasteiger partial charge in [-0.15, -0.1) is 0 Å². The first-order valence-corrected chi connectivity index (χ1v) is 7.88. The van der Waals surface area contributed by atoms with Crippen LogP contribution in [0.3, 0.4) is 0 Å². The van der Waals surface area contributed by atoms with E-state index in [1.807, 2.05) is 0 Å². The number of hydrogen-bond donors (Lipinski definition) is 1. The van der Waals surface area contributed by atoms with Crippen LogP contribution in [0.5, 0.6) is 0 Å². The molecule has 4 aromatic rings. The predicted octanol–water partition coefficient (Wildman–Crippen LogP) is 4.55. The second-order valence-electron chi connectivity index (χ2n) is 5.85. The Hall–Kier alpha value is -3.22. The summed E-state index contributed by atoms with van der Waals surface area (Å²) >= 11 is 0. The number of pyridine rings is 2. The fourth-order valence-corrected chi connectivity index (χ4v) is 3.12. The lowest BCUT2D eigenvalue weighted by Gasteiger charge is -2.20. The number of nitrogens with one attached hydrogen (secondary N) is 1. The molecule has 0 amide bonds. The number of H-pyrrole nitrogens is 1. The summed E-state index contributed by atoms with van der Waals surface area (Å²) < 4.78 is 40.3. The first-order valence-electron chi connectivity index (χ1n) is 7.88. The summed E-state index contributed by atoms with van der Waals surface area (Å²) in [7, 11) is 0. The molecule has 1 unspecified atom stereocenters. The van der Waals surface area contributed by atoms with Crippen molar-refractivity contribution in [3.63, 3.8) is 0 Å². The number of hydrogen-bond acceptors (Lipinski definition) is 3. The van der Waals surface area contributed by atoms with Crippen LogP contribution in [0.2, 0.25) is 0 Å². The summed E-state index contributed by atoms with van der Waals surface area (Å²) in [6.45, 7) is 0. The van der Waals surface area contributed by atoms with E-state index < -0.39 is 17.7 Å². The van der Waals surface area contributed by atoms with Crippen LogP contribution < -0.4 is 0 Å². The standard InChI is InChI=1S/C19H13F3N4/c20-19(21,22)13-8-15(14-2-1-5-25-16(14)9-13)18(17-10-24-11-26-17)12-3-6-23-7-4-12/h1-11,18H,(H,24,26). The molecule has 0 saturated carbocycles. The summed E-state index contributed by atoms with van der Waals surface area (Å²) in [5.74, 6) is -0.450. The molecular weight excluding hydrogens is 341 g/mol. The molecule has 3 aromatic heterocycles. The molecule has 0 spiro atoms. The Morgan fingerprint density at radius 3 is 2.46 bits per heavy atom. The second kappa shape index (κ2) is 6.25. The third-order valence-corrected chi connectivity index (χ3v) is 4.26. The highest BCUT2D eigenvalue weighted by Crippen LogP contribution is 2.39. The Labute approximate surface area is 146 Å². The van der Waals surface area contributed by atoms with E-state index in [2.05, 4.69) is 19.9 Å². The van der Waals surface area contributed by atoms with Crippen molar-refractivity contribution < 1.29 is 13.2 Å². The van der Waals surface area contributed by atoms with Gasteiger partial charge >= 0.3 is 6.18 Å². The van der Waals surface area contributed by atoms with Crippen molar-refractivity contribution in [3.8, 4) is 0 Å². The van der Waals surface area contributed by atoms with Gasteiger partial charge in [-0.25, -0.2) is 4.98 Å². The van der Waals surface area contributed by atoms with Crippen LogP contribution in [-0.4, -0.2) is 19.9 Å². The molecule has 0 aliphatic carbocycles. The number of halogens is 3. The molecule has 1 aromatic carbocycles. The molecule has 4 rings (SSSR count). The number of alkyl halides is 3. The zero-order valence-corrected chi connectivity index (χ0v) is 13.4. The van der Waals surface area contributed by atoms with Gasteiger partial charge < -0.3 is 4.98 Å². The Balaban J connectivity index is 2.03. The highest BCUT2D eigenvalue weighted by molar-refractivity contribution is 5.84. The maximum atomic E-state index is 13.4. The van der Waals surface area contributed by atoms with E-state index in [4.69, 9.17) is 0 Å². The van der Waals surface area contributed by atoms with Crippen molar-refractivity contribution in [1.82, 2.24) is 19.9 Å². The topological polar surface area (TPSA) is 54.5 Å². The number of fused-ring (bicyclic) bond motifs is 1. The summed E-state index contributed by atoms with van der Waals surface area (Å²) in [4.78, 5) is 15.2. The SMILES string of the molecule is FC(F)(F)c1cc(C(c2ccncc2)c2cnc[nH]2)c2cccnc2c1. The maximum absolute atomic E-state index is 13.4. The van der Waals surface area contributed by atoms with E-state index in [0.717, 1.165) is 11.6 Å². The third-order valence-electron chi connectivity index (χ3n) is 4.26. The molecule has 0 fully saturated rings. The first-order chi connectivity index (χ1) is 12.5. The van der Waals surface area contributed by atoms with Crippen LogP contribution in [0.4, 0.5) is 13.2 Å². The van der Waals surface area contributed by atoms with Crippen molar-refractivity contribution in [3.05, 3.63) is 89.9 Å². The van der Waals surface area contributed by atoms with E-state index in [9.17, 15) is 13.2 Å². The molecule has 3 heterocycles. The minimum atomic E-state index is -4.46. The van der Waals surface area contributed by atoms with Gasteiger partial charge in [-0.3, -0.25) is 9.97 Å². The molecule has 1 atom stereocenters. The third kappa shape index (κ3) is 2.92. The molecule has 0 aliphatic heterocycles. The van der Waals surface area contributed by atoms with Crippen LogP contribution in [0.15, 0.2) is 67.5 Å². The highest BCUT2D eigenvalue weighted by atomic mass is 19.4. The van der Waals surface area contributed by atoms with Crippen molar-refractivity contribution >= 4 is 10.9 Å². The average Bonchev–Trinajstić information content (AvgIpc) is 3.16.